The molecule has 1 N–H and O–H groups in total. The SMILES string of the molecule is Cc1cc(C)n2nc(C(=O)Nc3ccc(CC#N)cc3)nc2n1. The summed E-state index contributed by atoms with van der Waals surface area (Å²) < 4.78 is 1.54. The highest BCUT2D eigenvalue weighted by molar-refractivity contribution is 6.01. The predicted molar refractivity (Wildman–Crippen MR) is 84.0 cm³/mol. The third kappa shape index (κ3) is 3.01. The van der Waals surface area contributed by atoms with Gasteiger partial charge in [-0.2, -0.15) is 10.2 Å². The average Bonchev–Trinajstić information content (AvgIpc) is 2.94. The lowest BCUT2D eigenvalue weighted by Gasteiger charge is -2.02. The summed E-state index contributed by atoms with van der Waals surface area (Å²) in [6, 6.07) is 11.0. The largest absolute Gasteiger partial charge is 0.319 e. The molecule has 7 heteroatoms. The van der Waals surface area contributed by atoms with Crippen LogP contribution in [-0.2, 0) is 6.42 Å². The lowest BCUT2D eigenvalue weighted by atomic mass is 10.1. The van der Waals surface area contributed by atoms with Crippen LogP contribution in [0, 0.1) is 25.2 Å². The lowest BCUT2D eigenvalue weighted by molar-refractivity contribution is 0.101. The van der Waals surface area contributed by atoms with Crippen molar-refractivity contribution >= 4 is 17.4 Å². The number of benzene rings is 1. The third-order valence-electron chi connectivity index (χ3n) is 3.32. The first-order chi connectivity index (χ1) is 11.1. The number of anilines is 1. The number of amides is 1. The van der Waals surface area contributed by atoms with Crippen LogP contribution in [0.1, 0.15) is 27.6 Å². The van der Waals surface area contributed by atoms with E-state index in [0.29, 0.717) is 17.9 Å². The summed E-state index contributed by atoms with van der Waals surface area (Å²) in [5, 5.41) is 15.6. The van der Waals surface area contributed by atoms with E-state index in [9.17, 15) is 4.79 Å². The molecule has 114 valence electrons. The van der Waals surface area contributed by atoms with Crippen molar-refractivity contribution in [2.24, 2.45) is 0 Å². The number of rotatable bonds is 3. The number of carbonyl (C=O) groups excluding carboxylic acids is 1. The Hall–Kier alpha value is -3.27. The molecule has 0 aliphatic heterocycles. The van der Waals surface area contributed by atoms with Crippen LogP contribution in [0.25, 0.3) is 5.78 Å². The van der Waals surface area contributed by atoms with E-state index in [4.69, 9.17) is 5.26 Å². The first-order valence-electron chi connectivity index (χ1n) is 7.05. The summed E-state index contributed by atoms with van der Waals surface area (Å²) in [5.74, 6) is 0.0601. The quantitative estimate of drug-likeness (QED) is 0.799. The van der Waals surface area contributed by atoms with Crippen LogP contribution in [0.15, 0.2) is 30.3 Å². The highest BCUT2D eigenvalue weighted by Crippen LogP contribution is 2.12. The molecule has 1 amide bonds. The van der Waals surface area contributed by atoms with Gasteiger partial charge in [-0.1, -0.05) is 12.1 Å². The van der Waals surface area contributed by atoms with Gasteiger partial charge in [-0.15, -0.1) is 5.10 Å². The molecule has 3 rings (SSSR count). The highest BCUT2D eigenvalue weighted by atomic mass is 16.2. The Morgan fingerprint density at radius 2 is 2.00 bits per heavy atom. The van der Waals surface area contributed by atoms with Crippen molar-refractivity contribution in [2.75, 3.05) is 5.32 Å². The normalized spacial score (nSPS) is 10.5. The van der Waals surface area contributed by atoms with Crippen molar-refractivity contribution in [1.29, 1.82) is 5.26 Å². The highest BCUT2D eigenvalue weighted by Gasteiger charge is 2.15. The topological polar surface area (TPSA) is 96.0 Å². The Morgan fingerprint density at radius 1 is 1.26 bits per heavy atom. The summed E-state index contributed by atoms with van der Waals surface area (Å²) in [6.07, 6.45) is 0.340. The number of nitrogens with zero attached hydrogens (tertiary/aromatic N) is 5. The van der Waals surface area contributed by atoms with E-state index in [1.54, 1.807) is 24.3 Å². The molecule has 0 unspecified atom stereocenters. The van der Waals surface area contributed by atoms with Crippen LogP contribution in [0.4, 0.5) is 5.69 Å². The van der Waals surface area contributed by atoms with E-state index in [0.717, 1.165) is 17.0 Å². The van der Waals surface area contributed by atoms with Gasteiger partial charge in [0, 0.05) is 17.1 Å². The van der Waals surface area contributed by atoms with Gasteiger partial charge in [0.05, 0.1) is 12.5 Å². The van der Waals surface area contributed by atoms with E-state index in [2.05, 4.69) is 26.5 Å². The number of hydrogen-bond acceptors (Lipinski definition) is 5. The van der Waals surface area contributed by atoms with Gasteiger partial charge < -0.3 is 5.32 Å². The van der Waals surface area contributed by atoms with Crippen LogP contribution in [0.3, 0.4) is 0 Å². The molecule has 0 bridgehead atoms. The molecule has 0 fully saturated rings. The van der Waals surface area contributed by atoms with Gasteiger partial charge in [-0.05, 0) is 37.6 Å². The molecule has 0 spiro atoms. The summed E-state index contributed by atoms with van der Waals surface area (Å²) in [4.78, 5) is 20.7. The fourth-order valence-corrected chi connectivity index (χ4v) is 2.25. The zero-order valence-corrected chi connectivity index (χ0v) is 12.7. The number of nitriles is 1. The molecule has 23 heavy (non-hydrogen) atoms. The standard InChI is InChI=1S/C16H14N6O/c1-10-9-11(2)22-16(18-10)20-14(21-22)15(23)19-13-5-3-12(4-6-13)7-8-17/h3-6,9H,7H2,1-2H3,(H,19,23). The van der Waals surface area contributed by atoms with Crippen molar-refractivity contribution in [3.05, 3.63) is 53.1 Å². The van der Waals surface area contributed by atoms with Gasteiger partial charge >= 0.3 is 0 Å². The number of nitrogens with one attached hydrogen (secondary N) is 1. The van der Waals surface area contributed by atoms with Crippen LogP contribution < -0.4 is 5.32 Å². The first kappa shape index (κ1) is 14.7. The van der Waals surface area contributed by atoms with E-state index < -0.39 is 5.91 Å². The maximum Gasteiger partial charge on any atom is 0.295 e. The number of hydrogen-bond donors (Lipinski definition) is 1. The van der Waals surface area contributed by atoms with Crippen molar-refractivity contribution in [3.8, 4) is 6.07 Å². The maximum atomic E-state index is 12.3. The summed E-state index contributed by atoms with van der Waals surface area (Å²) in [7, 11) is 0. The zero-order chi connectivity index (χ0) is 16.4. The first-order valence-corrected chi connectivity index (χ1v) is 7.05. The minimum absolute atomic E-state index is 0.0623. The molecule has 1 aromatic carbocycles. The van der Waals surface area contributed by atoms with Crippen LogP contribution in [-0.4, -0.2) is 25.5 Å². The smallest absolute Gasteiger partial charge is 0.295 e. The van der Waals surface area contributed by atoms with Gasteiger partial charge in [0.2, 0.25) is 5.82 Å². The summed E-state index contributed by atoms with van der Waals surface area (Å²) >= 11 is 0. The fraction of sp³-hybridized carbons (Fsp3) is 0.188. The predicted octanol–water partition coefficient (Wildman–Crippen LogP) is 2.06. The van der Waals surface area contributed by atoms with E-state index >= 15 is 0 Å². The van der Waals surface area contributed by atoms with Crippen molar-refractivity contribution in [3.63, 3.8) is 0 Å². The monoisotopic (exact) mass is 306 g/mol. The number of aromatic nitrogens is 4. The molecule has 0 radical (unpaired) electrons. The second-order valence-electron chi connectivity index (χ2n) is 5.17. The molecule has 0 aliphatic rings. The Bertz CT molecular complexity index is 920. The summed E-state index contributed by atoms with van der Waals surface area (Å²) in [6.45, 7) is 3.75. The van der Waals surface area contributed by atoms with Crippen molar-refractivity contribution in [2.45, 2.75) is 20.3 Å². The van der Waals surface area contributed by atoms with Gasteiger partial charge in [0.15, 0.2) is 0 Å². The van der Waals surface area contributed by atoms with Gasteiger partial charge in [0.25, 0.3) is 11.7 Å². The molecule has 0 atom stereocenters. The van der Waals surface area contributed by atoms with Gasteiger partial charge in [-0.3, -0.25) is 4.79 Å². The van der Waals surface area contributed by atoms with E-state index in [1.165, 1.54) is 4.52 Å². The van der Waals surface area contributed by atoms with Gasteiger partial charge in [0.1, 0.15) is 0 Å². The second kappa shape index (κ2) is 5.85. The Balaban J connectivity index is 1.83. The molecule has 0 aliphatic carbocycles. The fourth-order valence-electron chi connectivity index (χ4n) is 2.25. The van der Waals surface area contributed by atoms with Crippen molar-refractivity contribution in [1.82, 2.24) is 19.6 Å². The zero-order valence-electron chi connectivity index (χ0n) is 12.7. The molecule has 2 heterocycles. The molecule has 7 nitrogen and oxygen atoms in total. The Kier molecular flexibility index (Phi) is 3.73. The maximum absolute atomic E-state index is 12.3. The molecular formula is C16H14N6O. The molecule has 0 saturated heterocycles. The third-order valence-corrected chi connectivity index (χ3v) is 3.32. The number of fused-ring (bicyclic) bond motifs is 1. The molecular weight excluding hydrogens is 292 g/mol. The number of carbonyl (C=O) groups is 1. The minimum atomic E-state index is -0.402. The average molecular weight is 306 g/mol. The van der Waals surface area contributed by atoms with E-state index in [-0.39, 0.29) is 5.82 Å². The van der Waals surface area contributed by atoms with Gasteiger partial charge in [-0.25, -0.2) is 9.50 Å². The molecule has 2 aromatic heterocycles. The Morgan fingerprint density at radius 3 is 2.70 bits per heavy atom. The van der Waals surface area contributed by atoms with Crippen LogP contribution in [0.2, 0.25) is 0 Å². The summed E-state index contributed by atoms with van der Waals surface area (Å²) in [5.41, 5.74) is 3.20. The minimum Gasteiger partial charge on any atom is -0.319 e. The van der Waals surface area contributed by atoms with Crippen LogP contribution >= 0.6 is 0 Å². The van der Waals surface area contributed by atoms with E-state index in [1.807, 2.05) is 19.9 Å². The molecule has 0 saturated carbocycles. The van der Waals surface area contributed by atoms with Crippen LogP contribution in [0.5, 0.6) is 0 Å². The number of aryl methyl sites for hydroxylation is 2. The van der Waals surface area contributed by atoms with Crippen molar-refractivity contribution < 1.29 is 4.79 Å². The lowest BCUT2D eigenvalue weighted by Crippen LogP contribution is -2.14. The molecule has 3 aromatic rings. The second-order valence-corrected chi connectivity index (χ2v) is 5.17. The Labute approximate surface area is 132 Å².